The Bertz CT molecular complexity index is 2420. The van der Waals surface area contributed by atoms with Crippen molar-refractivity contribution in [2.24, 2.45) is 11.3 Å². The number of benzene rings is 3. The number of ether oxygens (including phenoxy) is 3. The fourth-order valence-electron chi connectivity index (χ4n) is 7.34. The van der Waals surface area contributed by atoms with Gasteiger partial charge in [0.25, 0.3) is 5.91 Å². The van der Waals surface area contributed by atoms with E-state index in [0.29, 0.717) is 33.8 Å². The molecule has 0 radical (unpaired) electrons. The molecule has 3 aromatic carbocycles. The molecule has 2 heterocycles. The monoisotopic (exact) mass is 854 g/mol. The number of hydrogen-bond donors (Lipinski definition) is 3. The number of amides is 4. The molecule has 3 N–H and O–H groups in total. The zero-order chi connectivity index (χ0) is 44.5. The molecule has 6 rings (SSSR count). The molecule has 16 heteroatoms. The zero-order valence-electron chi connectivity index (χ0n) is 35.7. The maximum absolute atomic E-state index is 14.8. The number of para-hydroxylation sites is 1. The van der Waals surface area contributed by atoms with Crippen LogP contribution in [0.2, 0.25) is 0 Å². The Morgan fingerprint density at radius 1 is 0.967 bits per heavy atom. The first-order valence-corrected chi connectivity index (χ1v) is 21.4. The lowest BCUT2D eigenvalue weighted by molar-refractivity contribution is -0.143. The molecule has 1 unspecified atom stereocenters. The van der Waals surface area contributed by atoms with Crippen LogP contribution in [0, 0.1) is 11.3 Å². The summed E-state index contributed by atoms with van der Waals surface area (Å²) < 4.78 is 47.6. The van der Waals surface area contributed by atoms with Crippen LogP contribution in [-0.4, -0.2) is 92.1 Å². The van der Waals surface area contributed by atoms with Gasteiger partial charge in [0.15, 0.2) is 0 Å². The van der Waals surface area contributed by atoms with E-state index in [-0.39, 0.29) is 19.4 Å². The highest BCUT2D eigenvalue weighted by atomic mass is 32.2. The molecule has 0 bridgehead atoms. The van der Waals surface area contributed by atoms with Gasteiger partial charge >= 0.3 is 16.3 Å². The highest BCUT2D eigenvalue weighted by molar-refractivity contribution is 7.91. The third-order valence-corrected chi connectivity index (χ3v) is 12.1. The standard InChI is InChI=1S/C45H54N6O9S/c1-10-29-26-45(29,41(54)49-61(56,57)50(8)30-19-15-12-16-20-30)48-39(52)36-24-32(27-51(36)40(53)38(43(2,3)4)47-42(55)60-44(5,6)7)59-37-25-34(28-17-13-11-14-18-28)46-35-23-31(58-9)21-22-33(35)37/h10-23,25,29,32,36,38H,1,24,26-27H2,2-9H3,(H,47,55)(H,48,52)(H,49,54)/t29?,32-,36+,38-,45-/m1/s1. The molecule has 324 valence electrons. The third kappa shape index (κ3) is 9.91. The van der Waals surface area contributed by atoms with Crippen LogP contribution in [0.15, 0.2) is 97.6 Å². The molecule has 1 saturated heterocycles. The molecule has 1 aliphatic carbocycles. The summed E-state index contributed by atoms with van der Waals surface area (Å²) in [5.74, 6) is -1.83. The van der Waals surface area contributed by atoms with Crippen molar-refractivity contribution < 1.29 is 41.8 Å². The molecule has 1 aliphatic heterocycles. The molecule has 61 heavy (non-hydrogen) atoms. The average Bonchev–Trinajstić information content (AvgIpc) is 3.77. The Kier molecular flexibility index (Phi) is 12.4. The van der Waals surface area contributed by atoms with Gasteiger partial charge in [-0.25, -0.2) is 14.5 Å². The number of carbonyl (C=O) groups is 4. The number of rotatable bonds is 13. The summed E-state index contributed by atoms with van der Waals surface area (Å²) in [7, 11) is -1.54. The summed E-state index contributed by atoms with van der Waals surface area (Å²) in [6.45, 7) is 14.2. The lowest BCUT2D eigenvalue weighted by atomic mass is 9.85. The molecule has 2 aliphatic rings. The summed E-state index contributed by atoms with van der Waals surface area (Å²) in [4.78, 5) is 62.7. The summed E-state index contributed by atoms with van der Waals surface area (Å²) in [6.07, 6.45) is -0.0565. The highest BCUT2D eigenvalue weighted by Gasteiger charge is 2.62. The van der Waals surface area contributed by atoms with E-state index >= 15 is 0 Å². The Morgan fingerprint density at radius 3 is 2.21 bits per heavy atom. The van der Waals surface area contributed by atoms with Crippen LogP contribution in [-0.2, 0) is 29.3 Å². The van der Waals surface area contributed by atoms with Crippen LogP contribution in [0.1, 0.15) is 54.4 Å². The van der Waals surface area contributed by atoms with Crippen molar-refractivity contribution >= 4 is 50.6 Å². The first-order chi connectivity index (χ1) is 28.7. The van der Waals surface area contributed by atoms with E-state index in [9.17, 15) is 27.6 Å². The van der Waals surface area contributed by atoms with E-state index in [4.69, 9.17) is 19.2 Å². The summed E-state index contributed by atoms with van der Waals surface area (Å²) in [5.41, 5.74) is -1.03. The van der Waals surface area contributed by atoms with Crippen LogP contribution >= 0.6 is 0 Å². The van der Waals surface area contributed by atoms with E-state index in [1.165, 1.54) is 18.0 Å². The van der Waals surface area contributed by atoms with Crippen LogP contribution in [0.5, 0.6) is 11.5 Å². The molecular weight excluding hydrogens is 801 g/mol. The minimum absolute atomic E-state index is 0.0208. The quantitative estimate of drug-likeness (QED) is 0.140. The highest BCUT2D eigenvalue weighted by Crippen LogP contribution is 2.45. The van der Waals surface area contributed by atoms with E-state index in [0.717, 1.165) is 9.87 Å². The van der Waals surface area contributed by atoms with Gasteiger partial charge in [-0.05, 0) is 56.9 Å². The van der Waals surface area contributed by atoms with Crippen LogP contribution in [0.4, 0.5) is 10.5 Å². The zero-order valence-corrected chi connectivity index (χ0v) is 36.5. The number of likely N-dealkylation sites (tertiary alicyclic amines) is 1. The van der Waals surface area contributed by atoms with E-state index < -0.39 is 74.7 Å². The van der Waals surface area contributed by atoms with Crippen molar-refractivity contribution in [2.45, 2.75) is 83.7 Å². The van der Waals surface area contributed by atoms with Gasteiger partial charge in [-0.1, -0.05) is 75.4 Å². The number of pyridine rings is 1. The van der Waals surface area contributed by atoms with Crippen LogP contribution in [0.25, 0.3) is 22.2 Å². The molecule has 1 aromatic heterocycles. The predicted octanol–water partition coefficient (Wildman–Crippen LogP) is 5.76. The topological polar surface area (TPSA) is 186 Å². The summed E-state index contributed by atoms with van der Waals surface area (Å²) in [6, 6.07) is 22.6. The first-order valence-electron chi connectivity index (χ1n) is 20.0. The molecular formula is C45H54N6O9S. The van der Waals surface area contributed by atoms with Crippen molar-refractivity contribution in [2.75, 3.05) is 25.0 Å². The van der Waals surface area contributed by atoms with Gasteiger partial charge < -0.3 is 29.7 Å². The number of carbonyl (C=O) groups excluding carboxylic acids is 4. The molecule has 0 spiro atoms. The largest absolute Gasteiger partial charge is 0.497 e. The van der Waals surface area contributed by atoms with Gasteiger partial charge in [-0.3, -0.25) is 18.7 Å². The third-order valence-electron chi connectivity index (χ3n) is 10.7. The van der Waals surface area contributed by atoms with Gasteiger partial charge in [0.05, 0.1) is 30.6 Å². The molecule has 2 fully saturated rings. The Hall–Kier alpha value is -6.16. The minimum Gasteiger partial charge on any atom is -0.497 e. The lowest BCUT2D eigenvalue weighted by Crippen LogP contribution is -2.60. The van der Waals surface area contributed by atoms with Crippen molar-refractivity contribution in [3.63, 3.8) is 0 Å². The van der Waals surface area contributed by atoms with Crippen LogP contribution in [0.3, 0.4) is 0 Å². The minimum atomic E-state index is -4.41. The number of fused-ring (bicyclic) bond motifs is 1. The van der Waals surface area contributed by atoms with Crippen LogP contribution < -0.4 is 29.1 Å². The first kappa shape index (κ1) is 44.4. The number of aromatic nitrogens is 1. The van der Waals surface area contributed by atoms with Gasteiger partial charge in [-0.2, -0.15) is 8.42 Å². The predicted molar refractivity (Wildman–Crippen MR) is 232 cm³/mol. The second-order valence-corrected chi connectivity index (χ2v) is 19.1. The number of nitrogens with zero attached hydrogens (tertiary/aromatic N) is 3. The van der Waals surface area contributed by atoms with Gasteiger partial charge in [0.2, 0.25) is 11.8 Å². The molecule has 15 nitrogen and oxygen atoms in total. The molecule has 5 atom stereocenters. The number of hydrogen-bond acceptors (Lipinski definition) is 10. The molecule has 4 aromatic rings. The van der Waals surface area contributed by atoms with Gasteiger partial charge in [0, 0.05) is 42.5 Å². The maximum Gasteiger partial charge on any atom is 0.408 e. The number of alkyl carbamates (subject to hydrolysis) is 1. The fraction of sp³-hybridized carbons (Fsp3) is 0.400. The van der Waals surface area contributed by atoms with E-state index in [1.54, 1.807) is 97.2 Å². The maximum atomic E-state index is 14.8. The van der Waals surface area contributed by atoms with Crippen molar-refractivity contribution in [1.29, 1.82) is 0 Å². The second-order valence-electron chi connectivity index (χ2n) is 17.4. The van der Waals surface area contributed by atoms with E-state index in [2.05, 4.69) is 21.9 Å². The van der Waals surface area contributed by atoms with E-state index in [1.807, 2.05) is 36.4 Å². The van der Waals surface area contributed by atoms with Crippen molar-refractivity contribution in [3.05, 3.63) is 97.6 Å². The second kappa shape index (κ2) is 17.1. The Labute approximate surface area is 357 Å². The number of anilines is 1. The fourth-order valence-corrected chi connectivity index (χ4v) is 8.30. The molecule has 4 amide bonds. The van der Waals surface area contributed by atoms with Gasteiger partial charge in [0.1, 0.15) is 40.8 Å². The summed E-state index contributed by atoms with van der Waals surface area (Å²) in [5, 5.41) is 6.20. The molecule has 1 saturated carbocycles. The van der Waals surface area contributed by atoms with Crippen molar-refractivity contribution in [1.82, 2.24) is 25.2 Å². The number of nitrogens with one attached hydrogen (secondary N) is 3. The van der Waals surface area contributed by atoms with Crippen molar-refractivity contribution in [3.8, 4) is 22.8 Å². The smallest absolute Gasteiger partial charge is 0.408 e. The summed E-state index contributed by atoms with van der Waals surface area (Å²) >= 11 is 0. The van der Waals surface area contributed by atoms with Gasteiger partial charge in [-0.15, -0.1) is 6.58 Å². The Morgan fingerprint density at radius 2 is 1.62 bits per heavy atom. The lowest BCUT2D eigenvalue weighted by Gasteiger charge is -2.36. The Balaban J connectivity index is 1.34. The number of methoxy groups -OCH3 is 1. The average molecular weight is 855 g/mol. The normalized spacial score (nSPS) is 20.5. The SMILES string of the molecule is C=CC1C[C@]1(NC(=O)[C@@H]1C[C@@H](Oc2cc(-c3ccccc3)nc3cc(OC)ccc23)CN1C(=O)[C@@H](NC(=O)OC(C)(C)C)C(C)(C)C)C(=O)NS(=O)(=O)N(C)c1ccccc1.